The maximum absolute atomic E-state index is 12.1. The molecule has 1 rings (SSSR count). The number of benzene rings is 1. The van der Waals surface area contributed by atoms with Crippen LogP contribution in [-0.2, 0) is 0 Å². The predicted molar refractivity (Wildman–Crippen MR) is 72.4 cm³/mol. The number of aliphatic hydroxyl groups is 1. The van der Waals surface area contributed by atoms with E-state index < -0.39 is 0 Å². The Labute approximate surface area is 115 Å². The number of carbonyl (C=O) groups is 1. The van der Waals surface area contributed by atoms with Crippen molar-refractivity contribution in [2.24, 2.45) is 0 Å². The van der Waals surface area contributed by atoms with Gasteiger partial charge in [0, 0.05) is 23.1 Å². The first-order chi connectivity index (χ1) is 8.10. The zero-order valence-corrected chi connectivity index (χ0v) is 12.0. The fourth-order valence-electron chi connectivity index (χ4n) is 1.52. The minimum Gasteiger partial charge on any atom is -0.395 e. The molecule has 1 aromatic carbocycles. The molecule has 0 aliphatic heterocycles. The smallest absolute Gasteiger partial charge is 0.253 e. The van der Waals surface area contributed by atoms with Crippen molar-refractivity contribution in [1.29, 1.82) is 0 Å². The second-order valence-corrected chi connectivity index (χ2v) is 4.91. The van der Waals surface area contributed by atoms with E-state index in [1.165, 1.54) is 0 Å². The molecule has 0 aliphatic rings. The molecular formula is C12H15BrClNO2. The van der Waals surface area contributed by atoms with Gasteiger partial charge in [0.05, 0.1) is 11.6 Å². The van der Waals surface area contributed by atoms with Gasteiger partial charge in [-0.2, -0.15) is 0 Å². The van der Waals surface area contributed by atoms with Crippen molar-refractivity contribution < 1.29 is 9.90 Å². The van der Waals surface area contributed by atoms with Crippen LogP contribution in [-0.4, -0.2) is 35.6 Å². The topological polar surface area (TPSA) is 40.5 Å². The van der Waals surface area contributed by atoms with Crippen LogP contribution in [0.2, 0.25) is 5.02 Å². The van der Waals surface area contributed by atoms with Crippen LogP contribution >= 0.6 is 27.5 Å². The molecule has 0 aromatic heterocycles. The SMILES string of the molecule is CCCN(CCO)C(=O)c1ccc(Cl)c(Br)c1. The van der Waals surface area contributed by atoms with Crippen LogP contribution in [0.1, 0.15) is 23.7 Å². The molecule has 1 N–H and O–H groups in total. The van der Waals surface area contributed by atoms with Gasteiger partial charge in [-0.3, -0.25) is 4.79 Å². The molecule has 0 fully saturated rings. The van der Waals surface area contributed by atoms with E-state index in [9.17, 15) is 4.79 Å². The van der Waals surface area contributed by atoms with Crippen LogP contribution in [0, 0.1) is 0 Å². The zero-order chi connectivity index (χ0) is 12.8. The van der Waals surface area contributed by atoms with E-state index in [1.54, 1.807) is 23.1 Å². The molecular weight excluding hydrogens is 305 g/mol. The summed E-state index contributed by atoms with van der Waals surface area (Å²) in [5.41, 5.74) is 0.572. The lowest BCUT2D eigenvalue weighted by atomic mass is 10.2. The summed E-state index contributed by atoms with van der Waals surface area (Å²) in [6, 6.07) is 5.07. The normalized spacial score (nSPS) is 10.4. The van der Waals surface area contributed by atoms with Crippen molar-refractivity contribution in [1.82, 2.24) is 4.90 Å². The van der Waals surface area contributed by atoms with Gasteiger partial charge in [-0.1, -0.05) is 18.5 Å². The van der Waals surface area contributed by atoms with Gasteiger partial charge >= 0.3 is 0 Å². The Morgan fingerprint density at radius 1 is 1.47 bits per heavy atom. The lowest BCUT2D eigenvalue weighted by molar-refractivity contribution is 0.0722. The number of hydrogen-bond acceptors (Lipinski definition) is 2. The third kappa shape index (κ3) is 3.98. The Bertz CT molecular complexity index is 392. The fraction of sp³-hybridized carbons (Fsp3) is 0.417. The number of hydrogen-bond donors (Lipinski definition) is 1. The van der Waals surface area contributed by atoms with Crippen molar-refractivity contribution >= 4 is 33.4 Å². The van der Waals surface area contributed by atoms with E-state index in [4.69, 9.17) is 16.7 Å². The summed E-state index contributed by atoms with van der Waals surface area (Å²) in [5.74, 6) is -0.0849. The van der Waals surface area contributed by atoms with E-state index in [0.29, 0.717) is 28.1 Å². The molecule has 1 aromatic rings. The van der Waals surface area contributed by atoms with Crippen LogP contribution < -0.4 is 0 Å². The zero-order valence-electron chi connectivity index (χ0n) is 9.62. The Morgan fingerprint density at radius 2 is 2.18 bits per heavy atom. The molecule has 0 aliphatic carbocycles. The van der Waals surface area contributed by atoms with E-state index in [2.05, 4.69) is 15.9 Å². The summed E-state index contributed by atoms with van der Waals surface area (Å²) in [7, 11) is 0. The predicted octanol–water partition coefficient (Wildman–Crippen LogP) is 2.95. The highest BCUT2D eigenvalue weighted by Crippen LogP contribution is 2.23. The van der Waals surface area contributed by atoms with E-state index in [-0.39, 0.29) is 12.5 Å². The average molecular weight is 321 g/mol. The first-order valence-corrected chi connectivity index (χ1v) is 6.62. The van der Waals surface area contributed by atoms with Gasteiger partial charge in [-0.15, -0.1) is 0 Å². The van der Waals surface area contributed by atoms with Crippen LogP contribution in [0.5, 0.6) is 0 Å². The molecule has 0 heterocycles. The monoisotopic (exact) mass is 319 g/mol. The largest absolute Gasteiger partial charge is 0.395 e. The number of rotatable bonds is 5. The maximum Gasteiger partial charge on any atom is 0.253 e. The molecule has 94 valence electrons. The lowest BCUT2D eigenvalue weighted by Gasteiger charge is -2.21. The first kappa shape index (κ1) is 14.5. The number of amides is 1. The van der Waals surface area contributed by atoms with Crippen molar-refractivity contribution in [2.45, 2.75) is 13.3 Å². The van der Waals surface area contributed by atoms with E-state index >= 15 is 0 Å². The van der Waals surface area contributed by atoms with Crippen molar-refractivity contribution in [3.8, 4) is 0 Å². The summed E-state index contributed by atoms with van der Waals surface area (Å²) in [5, 5.41) is 9.51. The Kier molecular flexibility index (Phi) is 5.95. The Balaban J connectivity index is 2.88. The fourth-order valence-corrected chi connectivity index (χ4v) is 2.01. The highest BCUT2D eigenvalue weighted by molar-refractivity contribution is 9.10. The van der Waals surface area contributed by atoms with Gasteiger partial charge in [0.15, 0.2) is 0 Å². The standard InChI is InChI=1S/C12H15BrClNO2/c1-2-5-15(6-7-16)12(17)9-3-4-11(14)10(13)8-9/h3-4,8,16H,2,5-7H2,1H3. The van der Waals surface area contributed by atoms with Gasteiger partial charge in [0.1, 0.15) is 0 Å². The number of nitrogens with zero attached hydrogens (tertiary/aromatic N) is 1. The summed E-state index contributed by atoms with van der Waals surface area (Å²) in [6.07, 6.45) is 0.862. The molecule has 17 heavy (non-hydrogen) atoms. The Morgan fingerprint density at radius 3 is 2.71 bits per heavy atom. The Hall–Kier alpha value is -0.580. The highest BCUT2D eigenvalue weighted by atomic mass is 79.9. The van der Waals surface area contributed by atoms with Gasteiger partial charge in [-0.05, 0) is 40.5 Å². The molecule has 1 amide bonds. The van der Waals surface area contributed by atoms with Crippen molar-refractivity contribution in [3.05, 3.63) is 33.3 Å². The van der Waals surface area contributed by atoms with Crippen LogP contribution in [0.25, 0.3) is 0 Å². The first-order valence-electron chi connectivity index (χ1n) is 5.45. The molecule has 0 saturated heterocycles. The summed E-state index contributed by atoms with van der Waals surface area (Å²) in [4.78, 5) is 13.8. The van der Waals surface area contributed by atoms with E-state index in [1.807, 2.05) is 6.92 Å². The third-order valence-electron chi connectivity index (χ3n) is 2.32. The second kappa shape index (κ2) is 6.99. The molecule has 0 atom stereocenters. The second-order valence-electron chi connectivity index (χ2n) is 3.64. The molecule has 5 heteroatoms. The molecule has 0 spiro atoms. The number of carbonyl (C=O) groups excluding carboxylic acids is 1. The lowest BCUT2D eigenvalue weighted by Crippen LogP contribution is -2.34. The molecule has 0 saturated carbocycles. The summed E-state index contributed by atoms with van der Waals surface area (Å²) in [6.45, 7) is 2.96. The van der Waals surface area contributed by atoms with Crippen LogP contribution in [0.3, 0.4) is 0 Å². The molecule has 0 unspecified atom stereocenters. The molecule has 0 radical (unpaired) electrons. The van der Waals surface area contributed by atoms with Crippen LogP contribution in [0.15, 0.2) is 22.7 Å². The van der Waals surface area contributed by atoms with Crippen molar-refractivity contribution in [3.63, 3.8) is 0 Å². The van der Waals surface area contributed by atoms with E-state index in [0.717, 1.165) is 6.42 Å². The van der Waals surface area contributed by atoms with Gasteiger partial charge in [0.2, 0.25) is 0 Å². The summed E-state index contributed by atoms with van der Waals surface area (Å²) >= 11 is 9.16. The van der Waals surface area contributed by atoms with Gasteiger partial charge in [0.25, 0.3) is 5.91 Å². The molecule has 3 nitrogen and oxygen atoms in total. The number of aliphatic hydroxyl groups excluding tert-OH is 1. The molecule has 0 bridgehead atoms. The quantitative estimate of drug-likeness (QED) is 0.906. The van der Waals surface area contributed by atoms with Crippen molar-refractivity contribution in [2.75, 3.05) is 19.7 Å². The van der Waals surface area contributed by atoms with Gasteiger partial charge < -0.3 is 10.0 Å². The third-order valence-corrected chi connectivity index (χ3v) is 3.53. The van der Waals surface area contributed by atoms with Crippen LogP contribution in [0.4, 0.5) is 0 Å². The van der Waals surface area contributed by atoms with Gasteiger partial charge in [-0.25, -0.2) is 0 Å². The highest BCUT2D eigenvalue weighted by Gasteiger charge is 2.15. The average Bonchev–Trinajstić information content (AvgIpc) is 2.31. The minimum atomic E-state index is -0.0849. The summed E-state index contributed by atoms with van der Waals surface area (Å²) < 4.78 is 0.700. The maximum atomic E-state index is 12.1. The minimum absolute atomic E-state index is 0.0273. The number of halogens is 2.